The van der Waals surface area contributed by atoms with Crippen molar-refractivity contribution in [1.82, 2.24) is 14.8 Å². The van der Waals surface area contributed by atoms with Crippen molar-refractivity contribution in [3.8, 4) is 0 Å². The van der Waals surface area contributed by atoms with Gasteiger partial charge in [0, 0.05) is 0 Å². The summed E-state index contributed by atoms with van der Waals surface area (Å²) in [6.07, 6.45) is -2.87. The van der Waals surface area contributed by atoms with Gasteiger partial charge in [0.15, 0.2) is 0 Å². The maximum absolute atomic E-state index is 12.4. The van der Waals surface area contributed by atoms with Crippen LogP contribution in [0.2, 0.25) is 5.28 Å². The van der Waals surface area contributed by atoms with E-state index in [1.54, 1.807) is 0 Å². The van der Waals surface area contributed by atoms with Crippen LogP contribution in [0.15, 0.2) is 6.33 Å². The van der Waals surface area contributed by atoms with Crippen LogP contribution in [0.3, 0.4) is 0 Å². The molecule has 0 aromatic carbocycles. The Kier molecular flexibility index (Phi) is 2.74. The maximum Gasteiger partial charge on any atom is 0.325 e. The first-order valence-corrected chi connectivity index (χ1v) is 3.50. The first-order valence-electron chi connectivity index (χ1n) is 3.13. The van der Waals surface area contributed by atoms with Gasteiger partial charge in [-0.1, -0.05) is 0 Å². The summed E-state index contributed by atoms with van der Waals surface area (Å²) in [4.78, 5) is 0. The van der Waals surface area contributed by atoms with E-state index >= 15 is 0 Å². The Morgan fingerprint density at radius 3 is 2.54 bits per heavy atom. The van der Waals surface area contributed by atoms with Crippen molar-refractivity contribution >= 4 is 11.6 Å². The molecule has 0 N–H and O–H groups in total. The molecule has 0 amide bonds. The molecular formula is C5H4ClF4N3. The molecule has 1 rings (SSSR count). The molecule has 0 unspecified atom stereocenters. The van der Waals surface area contributed by atoms with Crippen LogP contribution in [0.1, 0.15) is 0 Å². The highest BCUT2D eigenvalue weighted by Gasteiger charge is 2.41. The third-order valence-corrected chi connectivity index (χ3v) is 1.56. The Bertz CT molecular complexity index is 287. The average molecular weight is 218 g/mol. The maximum atomic E-state index is 12.4. The van der Waals surface area contributed by atoms with Gasteiger partial charge in [-0.25, -0.2) is 8.78 Å². The van der Waals surface area contributed by atoms with E-state index in [2.05, 4.69) is 10.2 Å². The van der Waals surface area contributed by atoms with E-state index in [0.717, 1.165) is 6.33 Å². The highest BCUT2D eigenvalue weighted by atomic mass is 35.5. The van der Waals surface area contributed by atoms with Crippen LogP contribution in [0, 0.1) is 0 Å². The van der Waals surface area contributed by atoms with Crippen LogP contribution in [-0.2, 0) is 6.54 Å². The largest absolute Gasteiger partial charge is 0.325 e. The summed E-state index contributed by atoms with van der Waals surface area (Å²) in [5, 5.41) is 5.98. The molecule has 0 spiro atoms. The molecule has 0 radical (unpaired) electrons. The summed E-state index contributed by atoms with van der Waals surface area (Å²) in [7, 11) is 0. The molecule has 0 atom stereocenters. The Morgan fingerprint density at radius 2 is 2.15 bits per heavy atom. The van der Waals surface area contributed by atoms with E-state index in [4.69, 9.17) is 11.6 Å². The lowest BCUT2D eigenvalue weighted by molar-refractivity contribution is -0.137. The molecule has 13 heavy (non-hydrogen) atoms. The van der Waals surface area contributed by atoms with Gasteiger partial charge in [0.05, 0.1) is 6.54 Å². The molecule has 74 valence electrons. The van der Waals surface area contributed by atoms with Gasteiger partial charge >= 0.3 is 12.3 Å². The third-order valence-electron chi connectivity index (χ3n) is 1.27. The molecule has 0 saturated heterocycles. The van der Waals surface area contributed by atoms with Crippen molar-refractivity contribution in [3.05, 3.63) is 11.6 Å². The highest BCUT2D eigenvalue weighted by molar-refractivity contribution is 6.28. The van der Waals surface area contributed by atoms with Gasteiger partial charge in [0.2, 0.25) is 5.28 Å². The Labute approximate surface area is 75.3 Å². The number of halogens is 5. The lowest BCUT2D eigenvalue weighted by Crippen LogP contribution is -2.31. The van der Waals surface area contributed by atoms with Crippen LogP contribution in [0.25, 0.3) is 0 Å². The third kappa shape index (κ3) is 2.30. The topological polar surface area (TPSA) is 30.7 Å². The molecular weight excluding hydrogens is 214 g/mol. The minimum absolute atomic E-state index is 0.347. The van der Waals surface area contributed by atoms with Gasteiger partial charge in [0.25, 0.3) is 0 Å². The van der Waals surface area contributed by atoms with Crippen LogP contribution in [0.5, 0.6) is 0 Å². The van der Waals surface area contributed by atoms with Crippen LogP contribution in [0.4, 0.5) is 17.6 Å². The predicted octanol–water partition coefficient (Wildman–Crippen LogP) is 1.83. The first-order chi connectivity index (χ1) is 5.93. The number of hydrogen-bond donors (Lipinski definition) is 0. The number of rotatable bonds is 3. The number of nitrogens with zero attached hydrogens (tertiary/aromatic N) is 3. The average Bonchev–Trinajstić information content (AvgIpc) is 2.35. The second-order valence-electron chi connectivity index (χ2n) is 2.29. The Hall–Kier alpha value is -0.850. The standard InChI is InChI=1S/C5H4ClF4N3/c6-4-12-11-2-13(4)1-5(9,10)3(7)8/h2-3H,1H2. The van der Waals surface area contributed by atoms with Crippen LogP contribution < -0.4 is 0 Å². The molecule has 0 aliphatic rings. The van der Waals surface area contributed by atoms with Gasteiger partial charge in [-0.05, 0) is 11.6 Å². The smallest absolute Gasteiger partial charge is 0.298 e. The van der Waals surface area contributed by atoms with E-state index in [9.17, 15) is 17.6 Å². The van der Waals surface area contributed by atoms with Crippen LogP contribution >= 0.6 is 11.6 Å². The summed E-state index contributed by atoms with van der Waals surface area (Å²) >= 11 is 5.26. The summed E-state index contributed by atoms with van der Waals surface area (Å²) in [6, 6.07) is 0. The fraction of sp³-hybridized carbons (Fsp3) is 0.600. The monoisotopic (exact) mass is 217 g/mol. The second-order valence-corrected chi connectivity index (χ2v) is 2.63. The van der Waals surface area contributed by atoms with Gasteiger partial charge in [-0.3, -0.25) is 4.57 Å². The predicted molar refractivity (Wildman–Crippen MR) is 36.0 cm³/mol. The summed E-state index contributed by atoms with van der Waals surface area (Å²) < 4.78 is 48.8. The summed E-state index contributed by atoms with van der Waals surface area (Å²) in [5.74, 6) is -4.12. The number of alkyl halides is 4. The van der Waals surface area contributed by atoms with Crippen molar-refractivity contribution < 1.29 is 17.6 Å². The normalized spacial score (nSPS) is 12.5. The fourth-order valence-corrected chi connectivity index (χ4v) is 0.790. The second kappa shape index (κ2) is 3.49. The first kappa shape index (κ1) is 10.2. The van der Waals surface area contributed by atoms with Crippen molar-refractivity contribution in [1.29, 1.82) is 0 Å². The molecule has 0 fully saturated rings. The van der Waals surface area contributed by atoms with E-state index < -0.39 is 18.9 Å². The molecule has 3 nitrogen and oxygen atoms in total. The van der Waals surface area contributed by atoms with E-state index in [0.29, 0.717) is 4.57 Å². The van der Waals surface area contributed by atoms with Gasteiger partial charge < -0.3 is 0 Å². The zero-order valence-corrected chi connectivity index (χ0v) is 6.85. The molecule has 0 aliphatic heterocycles. The summed E-state index contributed by atoms with van der Waals surface area (Å²) in [6.45, 7) is -1.23. The van der Waals surface area contributed by atoms with E-state index in [-0.39, 0.29) is 5.28 Å². The Balaban J connectivity index is 2.74. The SMILES string of the molecule is FC(F)C(F)(F)Cn1cnnc1Cl. The Morgan fingerprint density at radius 1 is 1.54 bits per heavy atom. The molecule has 1 heterocycles. The zero-order chi connectivity index (χ0) is 10.1. The van der Waals surface area contributed by atoms with Crippen molar-refractivity contribution in [2.24, 2.45) is 0 Å². The van der Waals surface area contributed by atoms with Gasteiger partial charge in [-0.2, -0.15) is 8.78 Å². The van der Waals surface area contributed by atoms with E-state index in [1.165, 1.54) is 0 Å². The van der Waals surface area contributed by atoms with Gasteiger partial charge in [-0.15, -0.1) is 10.2 Å². The molecule has 0 saturated carbocycles. The molecule has 1 aromatic heterocycles. The van der Waals surface area contributed by atoms with Crippen molar-refractivity contribution in [2.45, 2.75) is 18.9 Å². The summed E-state index contributed by atoms with van der Waals surface area (Å²) in [5.41, 5.74) is 0. The zero-order valence-electron chi connectivity index (χ0n) is 6.09. The minimum Gasteiger partial charge on any atom is -0.298 e. The van der Waals surface area contributed by atoms with Gasteiger partial charge in [0.1, 0.15) is 6.33 Å². The van der Waals surface area contributed by atoms with Crippen molar-refractivity contribution in [2.75, 3.05) is 0 Å². The molecule has 0 aliphatic carbocycles. The highest BCUT2D eigenvalue weighted by Crippen LogP contribution is 2.25. The molecule has 8 heteroatoms. The van der Waals surface area contributed by atoms with Crippen LogP contribution in [-0.4, -0.2) is 27.1 Å². The number of aromatic nitrogens is 3. The minimum atomic E-state index is -4.12. The lowest BCUT2D eigenvalue weighted by atomic mass is 10.3. The quantitative estimate of drug-likeness (QED) is 0.724. The van der Waals surface area contributed by atoms with E-state index in [1.807, 2.05) is 0 Å². The lowest BCUT2D eigenvalue weighted by Gasteiger charge is -2.15. The van der Waals surface area contributed by atoms with Crippen molar-refractivity contribution in [3.63, 3.8) is 0 Å². The fourth-order valence-electron chi connectivity index (χ4n) is 0.643. The molecule has 1 aromatic rings. The molecule has 0 bridgehead atoms. The number of hydrogen-bond acceptors (Lipinski definition) is 2.